The highest BCUT2D eigenvalue weighted by Gasteiger charge is 1.62. The molecule has 0 aliphatic rings. The predicted octanol–water partition coefficient (Wildman–Crippen LogP) is 0.200. The van der Waals surface area contributed by atoms with Crippen LogP contribution < -0.4 is 0 Å². The van der Waals surface area contributed by atoms with Gasteiger partial charge in [0.05, 0.1) is 0 Å². The number of rotatable bonds is 0. The fourth-order valence-corrected chi connectivity index (χ4v) is 0. The first kappa shape index (κ1) is 29.3. The molecule has 5 heteroatoms. The van der Waals surface area contributed by atoms with Crippen molar-refractivity contribution in [3.63, 3.8) is 0 Å². The van der Waals surface area contributed by atoms with E-state index < -0.39 is 0 Å². The molecule has 98 valence electrons. The topological polar surface area (TPSA) is 98.0 Å². The molecule has 0 rings (SSSR count). The van der Waals surface area contributed by atoms with E-state index in [9.17, 15) is 4.79 Å². The molecule has 0 atom stereocenters. The molecule has 0 saturated carbocycles. The highest BCUT2D eigenvalue weighted by molar-refractivity contribution is 5.72. The van der Waals surface area contributed by atoms with Crippen LogP contribution in [0.25, 0.3) is 0 Å². The van der Waals surface area contributed by atoms with Crippen LogP contribution in [0.15, 0.2) is 0 Å². The summed E-state index contributed by atoms with van der Waals surface area (Å²) in [5, 5.41) is 29.7. The second-order valence-electron chi connectivity index (χ2n) is 1.86. The van der Waals surface area contributed by atoms with Gasteiger partial charge in [0.15, 0.2) is 0 Å². The molecule has 0 unspecified atom stereocenters. The number of aliphatic hydroxyl groups is 4. The minimum Gasteiger partial charge on any atom is -0.400 e. The average molecular weight is 228 g/mol. The molecule has 0 amide bonds. The largest absolute Gasteiger partial charge is 0.400 e. The van der Waals surface area contributed by atoms with Crippen molar-refractivity contribution in [2.45, 2.75) is 34.6 Å². The van der Waals surface area contributed by atoms with E-state index >= 15 is 0 Å². The summed E-state index contributed by atoms with van der Waals surface area (Å²) in [5.74, 6) is 0.167. The lowest BCUT2D eigenvalue weighted by Gasteiger charge is -1.56. The summed E-state index contributed by atoms with van der Waals surface area (Å²) in [5.41, 5.74) is 0. The zero-order valence-electron chi connectivity index (χ0n) is 10.8. The Morgan fingerprint density at radius 2 is 0.800 bits per heavy atom. The molecule has 0 aromatic heterocycles. The summed E-state index contributed by atoms with van der Waals surface area (Å²) >= 11 is 0. The van der Waals surface area contributed by atoms with Crippen molar-refractivity contribution in [3.8, 4) is 0 Å². The average Bonchev–Trinajstić information content (AvgIpc) is 2.09. The molecule has 0 saturated heterocycles. The SMILES string of the molecule is CC(C)=O.CCO.CCO.CCO.CO. The van der Waals surface area contributed by atoms with Gasteiger partial charge in [0.2, 0.25) is 0 Å². The molecule has 0 aromatic carbocycles. The van der Waals surface area contributed by atoms with Crippen molar-refractivity contribution < 1.29 is 25.2 Å². The normalized spacial score (nSPS) is 5.73. The van der Waals surface area contributed by atoms with Crippen molar-refractivity contribution >= 4 is 5.78 Å². The first-order valence-electron chi connectivity index (χ1n) is 4.72. The Hall–Kier alpha value is -0.490. The summed E-state index contributed by atoms with van der Waals surface area (Å²) in [6.45, 7) is 8.85. The summed E-state index contributed by atoms with van der Waals surface area (Å²) in [4.78, 5) is 9.44. The molecule has 0 aliphatic heterocycles. The lowest BCUT2D eigenvalue weighted by atomic mass is 10.6. The van der Waals surface area contributed by atoms with E-state index in [1.165, 1.54) is 13.8 Å². The maximum atomic E-state index is 9.44. The van der Waals surface area contributed by atoms with E-state index in [2.05, 4.69) is 0 Å². The van der Waals surface area contributed by atoms with Gasteiger partial charge in [-0.15, -0.1) is 0 Å². The third-order valence-electron chi connectivity index (χ3n) is 0. The van der Waals surface area contributed by atoms with Crippen molar-refractivity contribution in [1.82, 2.24) is 0 Å². The third kappa shape index (κ3) is 7450. The molecule has 0 bridgehead atoms. The van der Waals surface area contributed by atoms with Crippen LogP contribution in [-0.4, -0.2) is 53.1 Å². The van der Waals surface area contributed by atoms with Gasteiger partial charge in [0.25, 0.3) is 0 Å². The maximum absolute atomic E-state index is 9.44. The molecular formula is C10H28O5. The number of hydrogen-bond donors (Lipinski definition) is 4. The van der Waals surface area contributed by atoms with Crippen LogP contribution in [0.4, 0.5) is 0 Å². The molecular weight excluding hydrogens is 200 g/mol. The summed E-state index contributed by atoms with van der Waals surface area (Å²) < 4.78 is 0. The molecule has 5 nitrogen and oxygen atoms in total. The molecule has 0 aliphatic carbocycles. The van der Waals surface area contributed by atoms with Crippen LogP contribution in [0.5, 0.6) is 0 Å². The Bertz CT molecular complexity index is 58.1. The highest BCUT2D eigenvalue weighted by atomic mass is 16.3. The number of aliphatic hydroxyl groups excluding tert-OH is 4. The van der Waals surface area contributed by atoms with E-state index in [-0.39, 0.29) is 25.6 Å². The Labute approximate surface area is 93.4 Å². The second-order valence-corrected chi connectivity index (χ2v) is 1.86. The first-order valence-corrected chi connectivity index (χ1v) is 4.72. The molecule has 0 aromatic rings. The van der Waals surface area contributed by atoms with E-state index in [1.54, 1.807) is 20.8 Å². The van der Waals surface area contributed by atoms with Gasteiger partial charge in [-0.25, -0.2) is 0 Å². The Kier molecular flexibility index (Phi) is 136. The van der Waals surface area contributed by atoms with Gasteiger partial charge in [-0.05, 0) is 34.6 Å². The quantitative estimate of drug-likeness (QED) is 0.475. The molecule has 0 radical (unpaired) electrons. The van der Waals surface area contributed by atoms with Crippen molar-refractivity contribution in [1.29, 1.82) is 0 Å². The number of ketones is 1. The van der Waals surface area contributed by atoms with E-state index in [0.29, 0.717) is 0 Å². The van der Waals surface area contributed by atoms with Crippen molar-refractivity contribution in [2.75, 3.05) is 26.9 Å². The van der Waals surface area contributed by atoms with Gasteiger partial charge >= 0.3 is 0 Å². The Morgan fingerprint density at radius 3 is 0.800 bits per heavy atom. The predicted molar refractivity (Wildman–Crippen MR) is 62.8 cm³/mol. The van der Waals surface area contributed by atoms with Gasteiger partial charge in [-0.1, -0.05) is 0 Å². The number of carbonyl (C=O) groups excluding carboxylic acids is 1. The first-order chi connectivity index (χ1) is 6.97. The Morgan fingerprint density at radius 1 is 0.800 bits per heavy atom. The molecule has 4 N–H and O–H groups in total. The van der Waals surface area contributed by atoms with E-state index in [1.807, 2.05) is 0 Å². The van der Waals surface area contributed by atoms with Crippen molar-refractivity contribution in [2.24, 2.45) is 0 Å². The summed E-state index contributed by atoms with van der Waals surface area (Å²) in [6, 6.07) is 0. The molecule has 0 spiro atoms. The summed E-state index contributed by atoms with van der Waals surface area (Å²) in [7, 11) is 1.00. The van der Waals surface area contributed by atoms with Crippen LogP contribution in [0, 0.1) is 0 Å². The fraction of sp³-hybridized carbons (Fsp3) is 0.900. The van der Waals surface area contributed by atoms with E-state index in [4.69, 9.17) is 20.4 Å². The lowest BCUT2D eigenvalue weighted by molar-refractivity contribution is -0.114. The lowest BCUT2D eigenvalue weighted by Crippen LogP contribution is -1.69. The van der Waals surface area contributed by atoms with Crippen LogP contribution in [0.1, 0.15) is 34.6 Å². The highest BCUT2D eigenvalue weighted by Crippen LogP contribution is 1.50. The van der Waals surface area contributed by atoms with Crippen molar-refractivity contribution in [3.05, 3.63) is 0 Å². The summed E-state index contributed by atoms with van der Waals surface area (Å²) in [6.07, 6.45) is 0. The zero-order chi connectivity index (χ0) is 13.7. The van der Waals surface area contributed by atoms with Gasteiger partial charge in [-0.2, -0.15) is 0 Å². The van der Waals surface area contributed by atoms with Crippen LogP contribution in [0.3, 0.4) is 0 Å². The van der Waals surface area contributed by atoms with E-state index in [0.717, 1.165) is 7.11 Å². The number of Topliss-reactive ketones (excluding diaryl/α,β-unsaturated/α-hetero) is 1. The Balaban J connectivity index is -0.0000000283. The third-order valence-corrected chi connectivity index (χ3v) is 0. The standard InChI is InChI=1S/C3H6O.3C2H6O.CH4O/c1-3(2)4;3*1-2-3;1-2/h1-2H3;3*3H,2H2,1H3;2H,1H3. The smallest absolute Gasteiger partial charge is 0.126 e. The van der Waals surface area contributed by atoms with Gasteiger partial charge < -0.3 is 25.2 Å². The van der Waals surface area contributed by atoms with Crippen LogP contribution >= 0.6 is 0 Å². The second kappa shape index (κ2) is 69.6. The maximum Gasteiger partial charge on any atom is 0.126 e. The fourth-order valence-electron chi connectivity index (χ4n) is 0. The molecule has 0 fully saturated rings. The number of hydrogen-bond acceptors (Lipinski definition) is 5. The zero-order valence-corrected chi connectivity index (χ0v) is 10.8. The molecule has 0 heterocycles. The van der Waals surface area contributed by atoms with Gasteiger partial charge in [-0.3, -0.25) is 0 Å². The minimum absolute atomic E-state index is 0.167. The number of carbonyl (C=O) groups is 1. The minimum atomic E-state index is 0.167. The van der Waals surface area contributed by atoms with Gasteiger partial charge in [0.1, 0.15) is 5.78 Å². The van der Waals surface area contributed by atoms with Gasteiger partial charge in [0, 0.05) is 26.9 Å². The monoisotopic (exact) mass is 228 g/mol. The molecule has 15 heavy (non-hydrogen) atoms. The van der Waals surface area contributed by atoms with Crippen LogP contribution in [-0.2, 0) is 4.79 Å². The van der Waals surface area contributed by atoms with Crippen LogP contribution in [0.2, 0.25) is 0 Å².